The van der Waals surface area contributed by atoms with Crippen LogP contribution in [0.3, 0.4) is 0 Å². The molecular formula is C16H30O3Si. The van der Waals surface area contributed by atoms with E-state index in [0.29, 0.717) is 11.8 Å². The zero-order chi connectivity index (χ0) is 15.3. The Labute approximate surface area is 124 Å². The Balaban J connectivity index is 2.29. The summed E-state index contributed by atoms with van der Waals surface area (Å²) in [5.41, 5.74) is -0.227. The molecule has 0 amide bonds. The normalized spacial score (nSPS) is 37.2. The Morgan fingerprint density at radius 3 is 2.40 bits per heavy atom. The van der Waals surface area contributed by atoms with Crippen molar-refractivity contribution in [1.29, 1.82) is 0 Å². The van der Waals surface area contributed by atoms with E-state index < -0.39 is 8.32 Å². The highest BCUT2D eigenvalue weighted by Crippen LogP contribution is 2.62. The van der Waals surface area contributed by atoms with E-state index in [1.807, 2.05) is 0 Å². The van der Waals surface area contributed by atoms with E-state index in [-0.39, 0.29) is 22.5 Å². The summed E-state index contributed by atoms with van der Waals surface area (Å²) in [6.07, 6.45) is 3.40. The Kier molecular flexibility index (Phi) is 3.88. The maximum absolute atomic E-state index is 12.2. The van der Waals surface area contributed by atoms with Gasteiger partial charge >= 0.3 is 5.97 Å². The van der Waals surface area contributed by atoms with Crippen LogP contribution in [0.15, 0.2) is 0 Å². The number of fused-ring (bicyclic) bond motifs is 1. The lowest BCUT2D eigenvalue weighted by atomic mass is 9.55. The first-order valence-electron chi connectivity index (χ1n) is 7.85. The molecule has 20 heavy (non-hydrogen) atoms. The lowest BCUT2D eigenvalue weighted by Crippen LogP contribution is -2.67. The molecule has 0 aromatic carbocycles. The van der Waals surface area contributed by atoms with Crippen molar-refractivity contribution in [3.63, 3.8) is 0 Å². The highest BCUT2D eigenvalue weighted by atomic mass is 28.4. The third kappa shape index (κ3) is 2.15. The van der Waals surface area contributed by atoms with E-state index in [0.717, 1.165) is 6.42 Å². The van der Waals surface area contributed by atoms with Crippen molar-refractivity contribution >= 4 is 14.3 Å². The van der Waals surface area contributed by atoms with Crippen LogP contribution in [-0.2, 0) is 14.0 Å². The smallest absolute Gasteiger partial charge is 0.311 e. The second-order valence-electron chi connectivity index (χ2n) is 8.18. The number of carbonyl (C=O) groups excluding carboxylic acids is 1. The third-order valence-corrected chi connectivity index (χ3v) is 10.6. The van der Waals surface area contributed by atoms with Crippen LogP contribution in [0.25, 0.3) is 0 Å². The van der Waals surface area contributed by atoms with Crippen LogP contribution in [0.2, 0.25) is 18.1 Å². The molecule has 0 spiro atoms. The van der Waals surface area contributed by atoms with Crippen molar-refractivity contribution in [3.8, 4) is 0 Å². The van der Waals surface area contributed by atoms with Crippen LogP contribution in [0, 0.1) is 17.8 Å². The van der Waals surface area contributed by atoms with Gasteiger partial charge in [-0.3, -0.25) is 4.79 Å². The molecule has 4 atom stereocenters. The summed E-state index contributed by atoms with van der Waals surface area (Å²) in [5, 5.41) is 0.175. The van der Waals surface area contributed by atoms with Gasteiger partial charge in [-0.2, -0.15) is 0 Å². The lowest BCUT2D eigenvalue weighted by Gasteiger charge is -2.59. The Morgan fingerprint density at radius 2 is 1.90 bits per heavy atom. The van der Waals surface area contributed by atoms with Gasteiger partial charge in [0.1, 0.15) is 0 Å². The number of carbonyl (C=O) groups is 1. The van der Waals surface area contributed by atoms with Crippen LogP contribution in [0.5, 0.6) is 0 Å². The summed E-state index contributed by atoms with van der Waals surface area (Å²) in [6, 6.07) is 0. The molecule has 2 fully saturated rings. The van der Waals surface area contributed by atoms with Gasteiger partial charge in [0.25, 0.3) is 0 Å². The van der Waals surface area contributed by atoms with Gasteiger partial charge in [-0.25, -0.2) is 0 Å². The van der Waals surface area contributed by atoms with Crippen LogP contribution in [0.1, 0.15) is 47.0 Å². The van der Waals surface area contributed by atoms with Gasteiger partial charge in [0.05, 0.1) is 18.6 Å². The molecule has 0 aromatic heterocycles. The average molecular weight is 298 g/mol. The summed E-state index contributed by atoms with van der Waals surface area (Å²) in [7, 11) is -0.373. The standard InChI is InChI=1S/C16H30O3Si/c1-11-12-9-8-10-16(12,13(11)14(17)18-5)19-20(6,7)15(2,3)4/h11-13H,8-10H2,1-7H3/t11-,12-,13-,16+/m0/s1. The van der Waals surface area contributed by atoms with E-state index in [2.05, 4.69) is 40.8 Å². The molecule has 116 valence electrons. The van der Waals surface area contributed by atoms with Crippen molar-refractivity contribution in [2.45, 2.75) is 70.7 Å². The predicted octanol–water partition coefficient (Wildman–Crippen LogP) is 3.99. The minimum absolute atomic E-state index is 0.0610. The lowest BCUT2D eigenvalue weighted by molar-refractivity contribution is -0.195. The maximum atomic E-state index is 12.2. The zero-order valence-electron chi connectivity index (χ0n) is 14.1. The number of methoxy groups -OCH3 is 1. The fourth-order valence-corrected chi connectivity index (χ4v) is 5.68. The second-order valence-corrected chi connectivity index (χ2v) is 12.9. The summed E-state index contributed by atoms with van der Waals surface area (Å²) in [5.74, 6) is 0.805. The second kappa shape index (κ2) is 4.84. The summed E-state index contributed by atoms with van der Waals surface area (Å²) in [6.45, 7) is 13.5. The summed E-state index contributed by atoms with van der Waals surface area (Å²) < 4.78 is 11.8. The fourth-order valence-electron chi connectivity index (χ4n) is 4.04. The number of esters is 1. The Hall–Kier alpha value is -0.353. The first kappa shape index (κ1) is 16.0. The van der Waals surface area contributed by atoms with Gasteiger partial charge in [-0.1, -0.05) is 34.1 Å². The van der Waals surface area contributed by atoms with Crippen molar-refractivity contribution in [3.05, 3.63) is 0 Å². The minimum Gasteiger partial charge on any atom is -0.469 e. The quantitative estimate of drug-likeness (QED) is 0.584. The first-order valence-corrected chi connectivity index (χ1v) is 10.8. The SMILES string of the molecule is COC(=O)[C@@H]1[C@@H](C)[C@@H]2CCC[C@]12O[Si](C)(C)C(C)(C)C. The Morgan fingerprint density at radius 1 is 1.30 bits per heavy atom. The van der Waals surface area contributed by atoms with E-state index in [1.165, 1.54) is 20.0 Å². The van der Waals surface area contributed by atoms with Gasteiger partial charge in [0, 0.05) is 0 Å². The van der Waals surface area contributed by atoms with Crippen molar-refractivity contribution in [2.75, 3.05) is 7.11 Å². The van der Waals surface area contributed by atoms with Crippen LogP contribution < -0.4 is 0 Å². The molecule has 0 bridgehead atoms. The molecule has 3 nitrogen and oxygen atoms in total. The van der Waals surface area contributed by atoms with E-state index in [1.54, 1.807) is 0 Å². The fraction of sp³-hybridized carbons (Fsp3) is 0.938. The van der Waals surface area contributed by atoms with Gasteiger partial charge in [0.2, 0.25) is 0 Å². The molecule has 0 N–H and O–H groups in total. The van der Waals surface area contributed by atoms with Gasteiger partial charge in [-0.05, 0) is 42.8 Å². The predicted molar refractivity (Wildman–Crippen MR) is 83.0 cm³/mol. The summed E-state index contributed by atoms with van der Waals surface area (Å²) in [4.78, 5) is 12.2. The molecule has 2 rings (SSSR count). The maximum Gasteiger partial charge on any atom is 0.311 e. The van der Waals surface area contributed by atoms with Gasteiger partial charge < -0.3 is 9.16 Å². The highest BCUT2D eigenvalue weighted by molar-refractivity contribution is 6.74. The van der Waals surface area contributed by atoms with E-state index in [4.69, 9.17) is 9.16 Å². The van der Waals surface area contributed by atoms with Crippen LogP contribution in [0.4, 0.5) is 0 Å². The monoisotopic (exact) mass is 298 g/mol. The van der Waals surface area contributed by atoms with Crippen molar-refractivity contribution in [2.24, 2.45) is 17.8 Å². The molecule has 2 saturated carbocycles. The average Bonchev–Trinajstić information content (AvgIpc) is 2.65. The summed E-state index contributed by atoms with van der Waals surface area (Å²) >= 11 is 0. The molecule has 0 aromatic rings. The van der Waals surface area contributed by atoms with Crippen molar-refractivity contribution in [1.82, 2.24) is 0 Å². The number of ether oxygens (including phenoxy) is 1. The molecule has 2 aliphatic rings. The first-order chi connectivity index (χ1) is 9.07. The molecule has 0 saturated heterocycles. The van der Waals surface area contributed by atoms with Crippen LogP contribution >= 0.6 is 0 Å². The molecule has 2 aliphatic carbocycles. The van der Waals surface area contributed by atoms with E-state index in [9.17, 15) is 4.79 Å². The Bertz CT molecular complexity index is 399. The van der Waals surface area contributed by atoms with Gasteiger partial charge in [-0.15, -0.1) is 0 Å². The highest BCUT2D eigenvalue weighted by Gasteiger charge is 2.67. The number of rotatable bonds is 3. The van der Waals surface area contributed by atoms with Crippen LogP contribution in [-0.4, -0.2) is 27.0 Å². The molecule has 4 heteroatoms. The molecule has 0 aliphatic heterocycles. The topological polar surface area (TPSA) is 35.5 Å². The minimum atomic E-state index is -1.87. The number of hydrogen-bond donors (Lipinski definition) is 0. The number of hydrogen-bond acceptors (Lipinski definition) is 3. The zero-order valence-corrected chi connectivity index (χ0v) is 15.1. The largest absolute Gasteiger partial charge is 0.469 e. The molecule has 0 heterocycles. The van der Waals surface area contributed by atoms with Gasteiger partial charge in [0.15, 0.2) is 8.32 Å². The molecular weight excluding hydrogens is 268 g/mol. The molecule has 0 radical (unpaired) electrons. The van der Waals surface area contributed by atoms with Crippen molar-refractivity contribution < 1.29 is 14.0 Å². The molecule has 0 unspecified atom stereocenters. The third-order valence-electron chi connectivity index (χ3n) is 6.10. The van der Waals surface area contributed by atoms with E-state index >= 15 is 0 Å².